The molecule has 0 radical (unpaired) electrons. The summed E-state index contributed by atoms with van der Waals surface area (Å²) in [6, 6.07) is 6.04. The van der Waals surface area contributed by atoms with E-state index < -0.39 is 11.3 Å². The Bertz CT molecular complexity index is 446. The minimum absolute atomic E-state index is 0.0205. The zero-order chi connectivity index (χ0) is 14.4. The van der Waals surface area contributed by atoms with E-state index in [2.05, 4.69) is 10.6 Å². The fourth-order valence-corrected chi connectivity index (χ4v) is 2.16. The summed E-state index contributed by atoms with van der Waals surface area (Å²) in [5, 5.41) is 13.6. The number of aromatic hydroxyl groups is 1. The average molecular weight is 282 g/mol. The first-order valence-electron chi connectivity index (χ1n) is 5.95. The molecule has 0 saturated heterocycles. The minimum atomic E-state index is -0.488. The second-order valence-corrected chi connectivity index (χ2v) is 5.79. The lowest BCUT2D eigenvalue weighted by atomic mass is 10.3. The van der Waals surface area contributed by atoms with Crippen molar-refractivity contribution in [1.82, 2.24) is 10.6 Å². The number of phenols is 1. The van der Waals surface area contributed by atoms with Crippen LogP contribution in [-0.2, 0) is 4.79 Å². The Kier molecular flexibility index (Phi) is 5.69. The molecule has 0 spiro atoms. The van der Waals surface area contributed by atoms with Crippen molar-refractivity contribution in [1.29, 1.82) is 0 Å². The van der Waals surface area contributed by atoms with Gasteiger partial charge in [0.15, 0.2) is 0 Å². The highest BCUT2D eigenvalue weighted by molar-refractivity contribution is 8.00. The van der Waals surface area contributed by atoms with E-state index in [1.165, 1.54) is 11.8 Å². The third kappa shape index (κ3) is 5.65. The molecule has 1 atom stereocenters. The molecule has 0 heterocycles. The van der Waals surface area contributed by atoms with E-state index in [0.717, 1.165) is 4.90 Å². The Morgan fingerprint density at radius 2 is 1.74 bits per heavy atom. The lowest BCUT2D eigenvalue weighted by Gasteiger charge is -2.13. The minimum Gasteiger partial charge on any atom is -0.508 e. The fourth-order valence-electron chi connectivity index (χ4n) is 1.29. The Morgan fingerprint density at radius 1 is 1.16 bits per heavy atom. The van der Waals surface area contributed by atoms with Crippen LogP contribution in [0.2, 0.25) is 0 Å². The predicted octanol–water partition coefficient (Wildman–Crippen LogP) is 2.11. The van der Waals surface area contributed by atoms with Crippen molar-refractivity contribution >= 4 is 23.7 Å². The summed E-state index contributed by atoms with van der Waals surface area (Å²) in [6.45, 7) is 5.35. The lowest BCUT2D eigenvalue weighted by molar-refractivity contribution is -0.119. The van der Waals surface area contributed by atoms with Crippen LogP contribution in [0, 0.1) is 0 Å². The first-order valence-corrected chi connectivity index (χ1v) is 6.83. The summed E-state index contributed by atoms with van der Waals surface area (Å²) in [6.07, 6.45) is 0. The molecule has 0 aromatic heterocycles. The quantitative estimate of drug-likeness (QED) is 0.739. The molecule has 0 unspecified atom stereocenters. The molecule has 1 aromatic rings. The second kappa shape index (κ2) is 7.04. The van der Waals surface area contributed by atoms with Gasteiger partial charge in [-0.15, -0.1) is 11.8 Å². The van der Waals surface area contributed by atoms with Gasteiger partial charge in [0, 0.05) is 10.9 Å². The van der Waals surface area contributed by atoms with Gasteiger partial charge in [-0.2, -0.15) is 0 Å². The van der Waals surface area contributed by atoms with Crippen molar-refractivity contribution in [2.75, 3.05) is 0 Å². The zero-order valence-electron chi connectivity index (χ0n) is 11.1. The largest absolute Gasteiger partial charge is 0.508 e. The van der Waals surface area contributed by atoms with Crippen LogP contribution >= 0.6 is 11.8 Å². The van der Waals surface area contributed by atoms with Gasteiger partial charge in [0.2, 0.25) is 5.91 Å². The van der Waals surface area contributed by atoms with E-state index in [9.17, 15) is 9.59 Å². The Morgan fingerprint density at radius 3 is 2.26 bits per heavy atom. The molecular weight excluding hydrogens is 264 g/mol. The first kappa shape index (κ1) is 15.4. The second-order valence-electron chi connectivity index (χ2n) is 4.37. The van der Waals surface area contributed by atoms with Crippen LogP contribution < -0.4 is 10.6 Å². The number of nitrogens with one attached hydrogen (secondary N) is 2. The highest BCUT2D eigenvalue weighted by Crippen LogP contribution is 2.24. The lowest BCUT2D eigenvalue weighted by Crippen LogP contribution is -2.45. The molecule has 3 amide bonds. The molecule has 3 N–H and O–H groups in total. The zero-order valence-corrected chi connectivity index (χ0v) is 12.0. The number of hydrogen-bond donors (Lipinski definition) is 3. The summed E-state index contributed by atoms with van der Waals surface area (Å²) in [5.74, 6) is -0.172. The summed E-state index contributed by atoms with van der Waals surface area (Å²) < 4.78 is 0. The van der Waals surface area contributed by atoms with Crippen LogP contribution in [-0.4, -0.2) is 28.3 Å². The maximum absolute atomic E-state index is 11.8. The number of benzene rings is 1. The number of imide groups is 1. The Labute approximate surface area is 116 Å². The predicted molar refractivity (Wildman–Crippen MR) is 75.2 cm³/mol. The van der Waals surface area contributed by atoms with Gasteiger partial charge in [0.05, 0.1) is 5.25 Å². The van der Waals surface area contributed by atoms with E-state index in [4.69, 9.17) is 5.11 Å². The Balaban J connectivity index is 2.48. The smallest absolute Gasteiger partial charge is 0.321 e. The fraction of sp³-hybridized carbons (Fsp3) is 0.385. The molecule has 5 nitrogen and oxygen atoms in total. The molecule has 1 aromatic carbocycles. The molecule has 0 bridgehead atoms. The van der Waals surface area contributed by atoms with Gasteiger partial charge >= 0.3 is 6.03 Å². The van der Waals surface area contributed by atoms with Gasteiger partial charge in [0.1, 0.15) is 5.75 Å². The monoisotopic (exact) mass is 282 g/mol. The number of amides is 3. The average Bonchev–Trinajstić information content (AvgIpc) is 2.30. The maximum atomic E-state index is 11.8. The van der Waals surface area contributed by atoms with Crippen LogP contribution in [0.15, 0.2) is 29.2 Å². The summed E-state index contributed by atoms with van der Waals surface area (Å²) in [4.78, 5) is 24.0. The molecule has 0 aliphatic rings. The number of urea groups is 1. The number of carbonyl (C=O) groups is 2. The maximum Gasteiger partial charge on any atom is 0.321 e. The molecule has 104 valence electrons. The van der Waals surface area contributed by atoms with Gasteiger partial charge < -0.3 is 10.4 Å². The summed E-state index contributed by atoms with van der Waals surface area (Å²) in [5.41, 5.74) is 0. The van der Waals surface area contributed by atoms with Crippen molar-refractivity contribution in [2.24, 2.45) is 0 Å². The van der Waals surface area contributed by atoms with E-state index in [1.807, 2.05) is 13.8 Å². The molecule has 0 saturated carbocycles. The van der Waals surface area contributed by atoms with Gasteiger partial charge in [-0.05, 0) is 45.0 Å². The molecule has 0 aliphatic carbocycles. The van der Waals surface area contributed by atoms with Crippen LogP contribution in [0.3, 0.4) is 0 Å². The summed E-state index contributed by atoms with van der Waals surface area (Å²) >= 11 is 1.32. The number of rotatable bonds is 4. The number of thioether (sulfide) groups is 1. The van der Waals surface area contributed by atoms with Gasteiger partial charge in [-0.25, -0.2) is 4.79 Å². The Hall–Kier alpha value is -1.69. The van der Waals surface area contributed by atoms with Crippen molar-refractivity contribution in [3.05, 3.63) is 24.3 Å². The van der Waals surface area contributed by atoms with Gasteiger partial charge in [-0.3, -0.25) is 10.1 Å². The highest BCUT2D eigenvalue weighted by atomic mass is 32.2. The van der Waals surface area contributed by atoms with Crippen LogP contribution in [0.4, 0.5) is 4.79 Å². The van der Waals surface area contributed by atoms with E-state index >= 15 is 0 Å². The van der Waals surface area contributed by atoms with E-state index in [1.54, 1.807) is 31.2 Å². The molecule has 19 heavy (non-hydrogen) atoms. The molecular formula is C13H18N2O3S. The third-order valence-corrected chi connectivity index (χ3v) is 3.29. The first-order chi connectivity index (χ1) is 8.88. The highest BCUT2D eigenvalue weighted by Gasteiger charge is 2.17. The number of hydrogen-bond acceptors (Lipinski definition) is 4. The van der Waals surface area contributed by atoms with E-state index in [-0.39, 0.29) is 17.7 Å². The van der Waals surface area contributed by atoms with Crippen LogP contribution in [0.25, 0.3) is 0 Å². The number of carbonyl (C=O) groups excluding carboxylic acids is 2. The molecule has 0 fully saturated rings. The van der Waals surface area contributed by atoms with Crippen molar-refractivity contribution in [3.8, 4) is 5.75 Å². The van der Waals surface area contributed by atoms with Crippen molar-refractivity contribution in [3.63, 3.8) is 0 Å². The molecule has 1 rings (SSSR count). The summed E-state index contributed by atoms with van der Waals surface area (Å²) in [7, 11) is 0. The van der Waals surface area contributed by atoms with Gasteiger partial charge in [0.25, 0.3) is 0 Å². The third-order valence-electron chi connectivity index (χ3n) is 2.18. The topological polar surface area (TPSA) is 78.4 Å². The normalized spacial score (nSPS) is 12.0. The SMILES string of the molecule is CC(C)NC(=O)NC(=O)[C@H](C)Sc1ccc(O)cc1. The van der Waals surface area contributed by atoms with Crippen molar-refractivity contribution < 1.29 is 14.7 Å². The van der Waals surface area contributed by atoms with Crippen molar-refractivity contribution in [2.45, 2.75) is 37.0 Å². The van der Waals surface area contributed by atoms with Gasteiger partial charge in [-0.1, -0.05) is 0 Å². The standard InChI is InChI=1S/C13H18N2O3S/c1-8(2)14-13(18)15-12(17)9(3)19-11-6-4-10(16)5-7-11/h4-9,16H,1-3H3,(H2,14,15,17,18)/t9-/m0/s1. The van der Waals surface area contributed by atoms with Crippen LogP contribution in [0.5, 0.6) is 5.75 Å². The molecule has 0 aliphatic heterocycles. The van der Waals surface area contributed by atoms with Crippen LogP contribution in [0.1, 0.15) is 20.8 Å². The molecule has 6 heteroatoms. The number of phenolic OH excluding ortho intramolecular Hbond substituents is 1. The van der Waals surface area contributed by atoms with E-state index in [0.29, 0.717) is 0 Å².